The van der Waals surface area contributed by atoms with E-state index in [1.54, 1.807) is 6.07 Å². The predicted octanol–water partition coefficient (Wildman–Crippen LogP) is 7.02. The Morgan fingerprint density at radius 1 is 1.10 bits per heavy atom. The van der Waals surface area contributed by atoms with E-state index in [9.17, 15) is 4.79 Å². The highest BCUT2D eigenvalue weighted by molar-refractivity contribution is 9.10. The quantitative estimate of drug-likeness (QED) is 0.356. The second-order valence-electron chi connectivity index (χ2n) is 7.07. The summed E-state index contributed by atoms with van der Waals surface area (Å²) < 4.78 is 6.71. The lowest BCUT2D eigenvalue weighted by molar-refractivity contribution is 0.102. The zero-order chi connectivity index (χ0) is 20.4. The van der Waals surface area contributed by atoms with E-state index in [4.69, 9.17) is 4.42 Å². The molecule has 3 aromatic carbocycles. The van der Waals surface area contributed by atoms with Gasteiger partial charge in [0.05, 0.1) is 5.56 Å². The first-order valence-electron chi connectivity index (χ1n) is 9.62. The Kier molecular flexibility index (Phi) is 5.49. The third kappa shape index (κ3) is 4.10. The lowest BCUT2D eigenvalue weighted by atomic mass is 9.98. The molecule has 1 amide bonds. The van der Waals surface area contributed by atoms with Crippen LogP contribution in [0, 0.1) is 0 Å². The number of hydrogen-bond acceptors (Lipinski definition) is 3. The van der Waals surface area contributed by atoms with E-state index in [1.807, 2.05) is 48.5 Å². The molecule has 5 heteroatoms. The summed E-state index contributed by atoms with van der Waals surface area (Å²) >= 11 is 3.42. The van der Waals surface area contributed by atoms with Gasteiger partial charge in [-0.25, -0.2) is 4.98 Å². The first kappa shape index (κ1) is 19.4. The van der Waals surface area contributed by atoms with Crippen LogP contribution in [0.4, 0.5) is 5.69 Å². The van der Waals surface area contributed by atoms with Gasteiger partial charge in [0.25, 0.3) is 5.91 Å². The van der Waals surface area contributed by atoms with Crippen molar-refractivity contribution in [3.05, 3.63) is 82.3 Å². The largest absolute Gasteiger partial charge is 0.436 e. The number of amides is 1. The zero-order valence-electron chi connectivity index (χ0n) is 16.3. The minimum absolute atomic E-state index is 0.176. The molecular formula is C24H21BrN2O2. The molecule has 29 heavy (non-hydrogen) atoms. The maximum atomic E-state index is 12.6. The molecule has 0 saturated carbocycles. The lowest BCUT2D eigenvalue weighted by Crippen LogP contribution is -2.12. The number of carbonyl (C=O) groups excluding carboxylic acids is 1. The molecule has 4 nitrogen and oxygen atoms in total. The molecule has 0 bridgehead atoms. The minimum Gasteiger partial charge on any atom is -0.436 e. The molecule has 1 atom stereocenters. The lowest BCUT2D eigenvalue weighted by Gasteiger charge is -2.07. The number of rotatable bonds is 5. The number of nitrogens with one attached hydrogen (secondary N) is 1. The molecule has 0 aliphatic carbocycles. The van der Waals surface area contributed by atoms with Crippen molar-refractivity contribution in [2.75, 3.05) is 5.32 Å². The molecule has 1 heterocycles. The summed E-state index contributed by atoms with van der Waals surface area (Å²) in [6, 6.07) is 21.0. The van der Waals surface area contributed by atoms with Crippen LogP contribution < -0.4 is 5.32 Å². The maximum absolute atomic E-state index is 12.6. The van der Waals surface area contributed by atoms with Crippen LogP contribution in [0.2, 0.25) is 0 Å². The summed E-state index contributed by atoms with van der Waals surface area (Å²) in [5, 5.41) is 2.94. The topological polar surface area (TPSA) is 55.1 Å². The molecule has 0 fully saturated rings. The van der Waals surface area contributed by atoms with Gasteiger partial charge < -0.3 is 9.73 Å². The molecule has 0 radical (unpaired) electrons. The molecule has 1 N–H and O–H groups in total. The van der Waals surface area contributed by atoms with E-state index < -0.39 is 0 Å². The highest BCUT2D eigenvalue weighted by Crippen LogP contribution is 2.29. The van der Waals surface area contributed by atoms with Crippen LogP contribution in [0.5, 0.6) is 0 Å². The van der Waals surface area contributed by atoms with Crippen molar-refractivity contribution >= 4 is 38.6 Å². The highest BCUT2D eigenvalue weighted by atomic mass is 79.9. The third-order valence-electron chi connectivity index (χ3n) is 5.08. The second kappa shape index (κ2) is 8.21. The van der Waals surface area contributed by atoms with Crippen molar-refractivity contribution in [3.63, 3.8) is 0 Å². The van der Waals surface area contributed by atoms with Gasteiger partial charge in [-0.05, 0) is 76.3 Å². The molecule has 4 rings (SSSR count). The SMILES string of the molecule is CC[C@@H](C)c1ccc2oc(-c3cccc(NC(=O)c4ccccc4Br)c3)nc2c1. The minimum atomic E-state index is -0.176. The monoisotopic (exact) mass is 448 g/mol. The molecule has 0 spiro atoms. The van der Waals surface area contributed by atoms with Crippen molar-refractivity contribution in [2.45, 2.75) is 26.2 Å². The molecule has 0 aliphatic rings. The number of benzene rings is 3. The summed E-state index contributed by atoms with van der Waals surface area (Å²) in [5.41, 5.74) is 4.95. The van der Waals surface area contributed by atoms with E-state index in [1.165, 1.54) is 5.56 Å². The van der Waals surface area contributed by atoms with Crippen molar-refractivity contribution in [2.24, 2.45) is 0 Å². The van der Waals surface area contributed by atoms with Gasteiger partial charge in [-0.1, -0.05) is 38.1 Å². The average molecular weight is 449 g/mol. The van der Waals surface area contributed by atoms with Crippen molar-refractivity contribution < 1.29 is 9.21 Å². The van der Waals surface area contributed by atoms with Gasteiger partial charge in [-0.2, -0.15) is 0 Å². The van der Waals surface area contributed by atoms with Crippen LogP contribution >= 0.6 is 15.9 Å². The fourth-order valence-electron chi connectivity index (χ4n) is 3.18. The number of nitrogens with zero attached hydrogens (tertiary/aromatic N) is 1. The van der Waals surface area contributed by atoms with Gasteiger partial charge in [0.2, 0.25) is 5.89 Å². The Labute approximate surface area is 178 Å². The first-order chi connectivity index (χ1) is 14.0. The van der Waals surface area contributed by atoms with Gasteiger partial charge in [0, 0.05) is 15.7 Å². The number of aromatic nitrogens is 1. The summed E-state index contributed by atoms with van der Waals surface area (Å²) in [6.07, 6.45) is 1.08. The van der Waals surface area contributed by atoms with Crippen LogP contribution in [0.15, 0.2) is 75.6 Å². The molecule has 0 unspecified atom stereocenters. The Morgan fingerprint density at radius 3 is 2.72 bits per heavy atom. The summed E-state index contributed by atoms with van der Waals surface area (Å²) in [5.74, 6) is 0.846. The highest BCUT2D eigenvalue weighted by Gasteiger charge is 2.13. The molecule has 1 aromatic heterocycles. The summed E-state index contributed by atoms with van der Waals surface area (Å²) in [6.45, 7) is 4.39. The van der Waals surface area contributed by atoms with E-state index >= 15 is 0 Å². The fourth-order valence-corrected chi connectivity index (χ4v) is 3.65. The van der Waals surface area contributed by atoms with Crippen LogP contribution in [0.1, 0.15) is 42.1 Å². The maximum Gasteiger partial charge on any atom is 0.256 e. The number of halogens is 1. The Hall–Kier alpha value is -2.92. The normalized spacial score (nSPS) is 12.1. The van der Waals surface area contributed by atoms with E-state index in [2.05, 4.69) is 52.2 Å². The summed E-state index contributed by atoms with van der Waals surface area (Å²) in [4.78, 5) is 17.2. The van der Waals surface area contributed by atoms with Gasteiger partial charge in [0.15, 0.2) is 5.58 Å². The van der Waals surface area contributed by atoms with Crippen molar-refractivity contribution in [1.82, 2.24) is 4.98 Å². The van der Waals surface area contributed by atoms with E-state index in [-0.39, 0.29) is 5.91 Å². The van der Waals surface area contributed by atoms with Crippen molar-refractivity contribution in [3.8, 4) is 11.5 Å². The van der Waals surface area contributed by atoms with Crippen LogP contribution in [-0.2, 0) is 0 Å². The van der Waals surface area contributed by atoms with Crippen molar-refractivity contribution in [1.29, 1.82) is 0 Å². The van der Waals surface area contributed by atoms with E-state index in [0.29, 0.717) is 23.1 Å². The molecule has 0 saturated heterocycles. The number of fused-ring (bicyclic) bond motifs is 1. The second-order valence-corrected chi connectivity index (χ2v) is 7.92. The molecular weight excluding hydrogens is 428 g/mol. The van der Waals surface area contributed by atoms with Crippen LogP contribution in [0.3, 0.4) is 0 Å². The summed E-state index contributed by atoms with van der Waals surface area (Å²) in [7, 11) is 0. The first-order valence-corrected chi connectivity index (χ1v) is 10.4. The smallest absolute Gasteiger partial charge is 0.256 e. The predicted molar refractivity (Wildman–Crippen MR) is 120 cm³/mol. The standard InChI is InChI=1S/C24H21BrN2O2/c1-3-15(2)16-11-12-22-21(14-16)27-24(29-22)17-7-6-8-18(13-17)26-23(28)19-9-4-5-10-20(19)25/h4-15H,3H2,1-2H3,(H,26,28)/t15-/m1/s1. The Balaban J connectivity index is 1.61. The van der Waals surface area contributed by atoms with Gasteiger partial charge in [-0.3, -0.25) is 4.79 Å². The van der Waals surface area contributed by atoms with E-state index in [0.717, 1.165) is 27.6 Å². The Bertz CT molecular complexity index is 1180. The number of oxazole rings is 1. The number of anilines is 1. The van der Waals surface area contributed by atoms with Gasteiger partial charge in [0.1, 0.15) is 5.52 Å². The Morgan fingerprint density at radius 2 is 1.93 bits per heavy atom. The van der Waals surface area contributed by atoms with Crippen LogP contribution in [-0.4, -0.2) is 10.9 Å². The number of carbonyl (C=O) groups is 1. The van der Waals surface area contributed by atoms with Gasteiger partial charge in [-0.15, -0.1) is 0 Å². The fraction of sp³-hybridized carbons (Fsp3) is 0.167. The molecule has 4 aromatic rings. The van der Waals surface area contributed by atoms with Gasteiger partial charge >= 0.3 is 0 Å². The van der Waals surface area contributed by atoms with Crippen LogP contribution in [0.25, 0.3) is 22.6 Å². The molecule has 0 aliphatic heterocycles. The third-order valence-corrected chi connectivity index (χ3v) is 5.77. The zero-order valence-corrected chi connectivity index (χ0v) is 17.9. The average Bonchev–Trinajstić information content (AvgIpc) is 3.17. The molecule has 146 valence electrons. The number of hydrogen-bond donors (Lipinski definition) is 1.